The lowest BCUT2D eigenvalue weighted by atomic mass is 9.85. The van der Waals surface area contributed by atoms with Crippen LogP contribution in [0.5, 0.6) is 0 Å². The quantitative estimate of drug-likeness (QED) is 0.877. The summed E-state index contributed by atoms with van der Waals surface area (Å²) < 4.78 is 4.99. The van der Waals surface area contributed by atoms with E-state index in [4.69, 9.17) is 10.3 Å². The molecule has 7 heteroatoms. The van der Waals surface area contributed by atoms with E-state index in [1.54, 1.807) is 6.92 Å². The first-order valence-electron chi connectivity index (χ1n) is 8.17. The van der Waals surface area contributed by atoms with Crippen LogP contribution < -0.4 is 5.73 Å². The van der Waals surface area contributed by atoms with Crippen LogP contribution in [-0.2, 0) is 11.3 Å². The third-order valence-corrected chi connectivity index (χ3v) is 4.68. The van der Waals surface area contributed by atoms with Gasteiger partial charge in [0.2, 0.25) is 11.8 Å². The minimum atomic E-state index is 0.134. The van der Waals surface area contributed by atoms with E-state index < -0.39 is 0 Å². The predicted molar refractivity (Wildman–Crippen MR) is 80.8 cm³/mol. The summed E-state index contributed by atoms with van der Waals surface area (Å²) in [7, 11) is 0. The second-order valence-corrected chi connectivity index (χ2v) is 6.45. The first-order valence-corrected chi connectivity index (χ1v) is 8.17. The summed E-state index contributed by atoms with van der Waals surface area (Å²) in [4.78, 5) is 21.1. The van der Waals surface area contributed by atoms with Gasteiger partial charge in [0.1, 0.15) is 0 Å². The van der Waals surface area contributed by atoms with Crippen LogP contribution in [0.2, 0.25) is 0 Å². The Hall–Kier alpha value is -1.47. The van der Waals surface area contributed by atoms with Gasteiger partial charge in [0, 0.05) is 45.1 Å². The maximum absolute atomic E-state index is 12.6. The molecular formula is C15H25N5O2. The SMILES string of the molecule is Cc1nc(CN2CCN(C(=O)C3CCCC(N)C3)CC2)no1. The van der Waals surface area contributed by atoms with E-state index in [1.165, 1.54) is 0 Å². The average molecular weight is 307 g/mol. The number of carbonyl (C=O) groups is 1. The van der Waals surface area contributed by atoms with E-state index in [0.717, 1.165) is 57.7 Å². The van der Waals surface area contributed by atoms with Gasteiger partial charge in [-0.3, -0.25) is 9.69 Å². The van der Waals surface area contributed by atoms with Crippen LogP contribution in [0.4, 0.5) is 0 Å². The van der Waals surface area contributed by atoms with E-state index in [9.17, 15) is 4.79 Å². The second-order valence-electron chi connectivity index (χ2n) is 6.45. The van der Waals surface area contributed by atoms with Gasteiger partial charge in [-0.1, -0.05) is 11.6 Å². The monoisotopic (exact) mass is 307 g/mol. The van der Waals surface area contributed by atoms with Crippen molar-refractivity contribution >= 4 is 5.91 Å². The lowest BCUT2D eigenvalue weighted by Crippen LogP contribution is -2.51. The van der Waals surface area contributed by atoms with Crippen molar-refractivity contribution in [2.45, 2.75) is 45.2 Å². The minimum Gasteiger partial charge on any atom is -0.340 e. The summed E-state index contributed by atoms with van der Waals surface area (Å²) in [5.41, 5.74) is 6.00. The van der Waals surface area contributed by atoms with Gasteiger partial charge in [0.15, 0.2) is 5.82 Å². The molecular weight excluding hydrogens is 282 g/mol. The highest BCUT2D eigenvalue weighted by Gasteiger charge is 2.30. The lowest BCUT2D eigenvalue weighted by molar-refractivity contribution is -0.138. The van der Waals surface area contributed by atoms with Crippen molar-refractivity contribution in [2.24, 2.45) is 11.7 Å². The highest BCUT2D eigenvalue weighted by molar-refractivity contribution is 5.79. The molecule has 7 nitrogen and oxygen atoms in total. The maximum atomic E-state index is 12.6. The summed E-state index contributed by atoms with van der Waals surface area (Å²) in [5.74, 6) is 1.74. The summed E-state index contributed by atoms with van der Waals surface area (Å²) in [6, 6.07) is 0.200. The van der Waals surface area contributed by atoms with Crippen LogP contribution in [-0.4, -0.2) is 58.1 Å². The Morgan fingerprint density at radius 2 is 2.09 bits per heavy atom. The third-order valence-electron chi connectivity index (χ3n) is 4.68. The number of aryl methyl sites for hydroxylation is 1. The molecule has 0 aromatic carbocycles. The molecule has 0 bridgehead atoms. The van der Waals surface area contributed by atoms with Crippen molar-refractivity contribution in [3.05, 3.63) is 11.7 Å². The maximum Gasteiger partial charge on any atom is 0.225 e. The normalized spacial score (nSPS) is 27.1. The Morgan fingerprint density at radius 3 is 2.73 bits per heavy atom. The molecule has 2 fully saturated rings. The molecule has 1 aliphatic heterocycles. The smallest absolute Gasteiger partial charge is 0.225 e. The van der Waals surface area contributed by atoms with E-state index in [2.05, 4.69) is 15.0 Å². The van der Waals surface area contributed by atoms with E-state index in [0.29, 0.717) is 18.3 Å². The summed E-state index contributed by atoms with van der Waals surface area (Å²) in [6.07, 6.45) is 3.98. The number of hydrogen-bond donors (Lipinski definition) is 1. The van der Waals surface area contributed by atoms with Gasteiger partial charge < -0.3 is 15.2 Å². The van der Waals surface area contributed by atoms with E-state index in [1.807, 2.05) is 4.90 Å². The van der Waals surface area contributed by atoms with Gasteiger partial charge in [-0.2, -0.15) is 4.98 Å². The molecule has 1 amide bonds. The van der Waals surface area contributed by atoms with Gasteiger partial charge >= 0.3 is 0 Å². The largest absolute Gasteiger partial charge is 0.340 e. The summed E-state index contributed by atoms with van der Waals surface area (Å²) in [5, 5.41) is 3.92. The molecule has 1 aromatic heterocycles. The van der Waals surface area contributed by atoms with Crippen LogP contribution in [0, 0.1) is 12.8 Å². The van der Waals surface area contributed by atoms with Crippen molar-refractivity contribution in [3.63, 3.8) is 0 Å². The predicted octanol–water partition coefficient (Wildman–Crippen LogP) is 0.540. The Balaban J connectivity index is 1.47. The van der Waals surface area contributed by atoms with Crippen LogP contribution in [0.3, 0.4) is 0 Å². The zero-order valence-electron chi connectivity index (χ0n) is 13.2. The standard InChI is InChI=1S/C15H25N5O2/c1-11-17-14(18-22-11)10-19-5-7-20(8-6-19)15(21)12-3-2-4-13(16)9-12/h12-13H,2-10,16H2,1H3. The van der Waals surface area contributed by atoms with Crippen LogP contribution in [0.25, 0.3) is 0 Å². The number of nitrogens with two attached hydrogens (primary N) is 1. The van der Waals surface area contributed by atoms with E-state index >= 15 is 0 Å². The zero-order chi connectivity index (χ0) is 15.5. The first-order chi connectivity index (χ1) is 10.6. The molecule has 122 valence electrons. The molecule has 2 atom stereocenters. The first kappa shape index (κ1) is 15.4. The average Bonchev–Trinajstić information content (AvgIpc) is 2.92. The van der Waals surface area contributed by atoms with Crippen molar-refractivity contribution in [2.75, 3.05) is 26.2 Å². The van der Waals surface area contributed by atoms with Crippen molar-refractivity contribution in [1.82, 2.24) is 19.9 Å². The molecule has 2 N–H and O–H groups in total. The van der Waals surface area contributed by atoms with Crippen molar-refractivity contribution < 1.29 is 9.32 Å². The van der Waals surface area contributed by atoms with Gasteiger partial charge in [0.25, 0.3) is 0 Å². The van der Waals surface area contributed by atoms with Crippen LogP contribution in [0.1, 0.15) is 37.4 Å². The Morgan fingerprint density at radius 1 is 1.32 bits per heavy atom. The highest BCUT2D eigenvalue weighted by atomic mass is 16.5. The molecule has 2 aliphatic rings. The molecule has 1 aliphatic carbocycles. The van der Waals surface area contributed by atoms with Crippen LogP contribution in [0.15, 0.2) is 4.52 Å². The van der Waals surface area contributed by atoms with Crippen LogP contribution >= 0.6 is 0 Å². The number of hydrogen-bond acceptors (Lipinski definition) is 6. The van der Waals surface area contributed by atoms with Gasteiger partial charge in [-0.05, 0) is 19.3 Å². The second kappa shape index (κ2) is 6.75. The molecule has 3 rings (SSSR count). The number of carbonyl (C=O) groups excluding carboxylic acids is 1. The molecule has 1 aromatic rings. The molecule has 22 heavy (non-hydrogen) atoms. The molecule has 0 radical (unpaired) electrons. The molecule has 2 unspecified atom stereocenters. The van der Waals surface area contributed by atoms with Gasteiger partial charge in [-0.25, -0.2) is 0 Å². The summed E-state index contributed by atoms with van der Waals surface area (Å²) >= 11 is 0. The molecule has 1 saturated heterocycles. The van der Waals surface area contributed by atoms with E-state index in [-0.39, 0.29) is 12.0 Å². The summed E-state index contributed by atoms with van der Waals surface area (Å²) in [6.45, 7) is 5.76. The fraction of sp³-hybridized carbons (Fsp3) is 0.800. The molecule has 2 heterocycles. The fourth-order valence-electron chi connectivity index (χ4n) is 3.44. The van der Waals surface area contributed by atoms with Crippen molar-refractivity contribution in [1.29, 1.82) is 0 Å². The Kier molecular flexibility index (Phi) is 4.73. The van der Waals surface area contributed by atoms with Crippen molar-refractivity contribution in [3.8, 4) is 0 Å². The highest BCUT2D eigenvalue weighted by Crippen LogP contribution is 2.25. The topological polar surface area (TPSA) is 88.5 Å². The number of rotatable bonds is 3. The lowest BCUT2D eigenvalue weighted by Gasteiger charge is -2.37. The minimum absolute atomic E-state index is 0.134. The molecule has 0 spiro atoms. The number of piperazine rings is 1. The zero-order valence-corrected chi connectivity index (χ0v) is 13.2. The Labute approximate surface area is 130 Å². The number of amides is 1. The number of aromatic nitrogens is 2. The third kappa shape index (κ3) is 3.64. The Bertz CT molecular complexity index is 510. The fourth-order valence-corrected chi connectivity index (χ4v) is 3.44. The van der Waals surface area contributed by atoms with Gasteiger partial charge in [-0.15, -0.1) is 0 Å². The van der Waals surface area contributed by atoms with Gasteiger partial charge in [0.05, 0.1) is 6.54 Å². The molecule has 1 saturated carbocycles. The number of nitrogens with zero attached hydrogens (tertiary/aromatic N) is 4.